The summed E-state index contributed by atoms with van der Waals surface area (Å²) in [7, 11) is 0. The van der Waals surface area contributed by atoms with Crippen molar-refractivity contribution in [3.05, 3.63) is 69.4 Å². The van der Waals surface area contributed by atoms with E-state index in [4.69, 9.17) is 0 Å². The molecule has 0 aliphatic heterocycles. The van der Waals surface area contributed by atoms with Gasteiger partial charge in [-0.25, -0.2) is 4.39 Å². The zero-order chi connectivity index (χ0) is 14.1. The third-order valence-corrected chi connectivity index (χ3v) is 4.59. The summed E-state index contributed by atoms with van der Waals surface area (Å²) in [5, 5.41) is 3.65. The van der Waals surface area contributed by atoms with Crippen molar-refractivity contribution >= 4 is 15.9 Å². The van der Waals surface area contributed by atoms with Gasteiger partial charge in [0.15, 0.2) is 0 Å². The number of benzene rings is 2. The molecule has 0 spiro atoms. The molecule has 0 saturated heterocycles. The van der Waals surface area contributed by atoms with E-state index in [-0.39, 0.29) is 11.9 Å². The lowest BCUT2D eigenvalue weighted by Crippen LogP contribution is -2.32. The molecule has 20 heavy (non-hydrogen) atoms. The van der Waals surface area contributed by atoms with Gasteiger partial charge in [-0.15, -0.1) is 0 Å². The van der Waals surface area contributed by atoms with Crippen LogP contribution in [0.15, 0.2) is 46.9 Å². The molecule has 2 aromatic rings. The maximum atomic E-state index is 13.3. The van der Waals surface area contributed by atoms with E-state index >= 15 is 0 Å². The minimum Gasteiger partial charge on any atom is -0.307 e. The molecular weight excluding hydrogens is 317 g/mol. The zero-order valence-corrected chi connectivity index (χ0v) is 13.0. The van der Waals surface area contributed by atoms with Crippen LogP contribution in [0.4, 0.5) is 4.39 Å². The van der Waals surface area contributed by atoms with Crippen LogP contribution in [-0.4, -0.2) is 6.04 Å². The van der Waals surface area contributed by atoms with E-state index in [1.54, 1.807) is 0 Å². The van der Waals surface area contributed by atoms with Gasteiger partial charge < -0.3 is 5.32 Å². The second-order valence-electron chi connectivity index (χ2n) is 5.44. The summed E-state index contributed by atoms with van der Waals surface area (Å²) in [4.78, 5) is 0. The topological polar surface area (TPSA) is 12.0 Å². The van der Waals surface area contributed by atoms with Crippen molar-refractivity contribution < 1.29 is 4.39 Å². The molecule has 1 N–H and O–H groups in total. The Balaban J connectivity index is 1.68. The highest BCUT2D eigenvalue weighted by molar-refractivity contribution is 9.10. The summed E-state index contributed by atoms with van der Waals surface area (Å²) < 4.78 is 13.8. The van der Waals surface area contributed by atoms with E-state index in [9.17, 15) is 4.39 Å². The molecule has 0 radical (unpaired) electrons. The first kappa shape index (κ1) is 13.8. The van der Waals surface area contributed by atoms with E-state index in [2.05, 4.69) is 52.4 Å². The summed E-state index contributed by atoms with van der Waals surface area (Å²) in [6.45, 7) is 2.13. The van der Waals surface area contributed by atoms with Crippen LogP contribution in [0.25, 0.3) is 0 Å². The van der Waals surface area contributed by atoms with Gasteiger partial charge in [-0.2, -0.15) is 0 Å². The van der Waals surface area contributed by atoms with Crippen LogP contribution in [0.3, 0.4) is 0 Å². The number of hydrogen-bond donors (Lipinski definition) is 1. The standard InChI is InChI=1S/C17H17BrFN/c1-11(12-6-7-17(19)16(18)10-12)20-15-8-13-4-2-3-5-14(13)9-15/h2-7,10-11,15,20H,8-9H2,1H3. The molecule has 0 aromatic heterocycles. The van der Waals surface area contributed by atoms with Gasteiger partial charge in [0.2, 0.25) is 0 Å². The molecule has 3 heteroatoms. The van der Waals surface area contributed by atoms with Crippen molar-refractivity contribution in [2.75, 3.05) is 0 Å². The number of rotatable bonds is 3. The third kappa shape index (κ3) is 2.79. The Bertz CT molecular complexity index is 601. The summed E-state index contributed by atoms with van der Waals surface area (Å²) in [6.07, 6.45) is 2.14. The van der Waals surface area contributed by atoms with Gasteiger partial charge in [0.05, 0.1) is 4.47 Å². The molecule has 0 saturated carbocycles. The SMILES string of the molecule is CC(NC1Cc2ccccc2C1)c1ccc(F)c(Br)c1. The summed E-state index contributed by atoms with van der Waals surface area (Å²) >= 11 is 3.25. The Morgan fingerprint density at radius 1 is 1.15 bits per heavy atom. The molecule has 1 unspecified atom stereocenters. The molecule has 1 atom stereocenters. The Morgan fingerprint density at radius 3 is 2.40 bits per heavy atom. The van der Waals surface area contributed by atoms with Crippen LogP contribution in [0.1, 0.15) is 29.7 Å². The van der Waals surface area contributed by atoms with Gasteiger partial charge >= 0.3 is 0 Å². The van der Waals surface area contributed by atoms with Crippen molar-refractivity contribution in [3.8, 4) is 0 Å². The fourth-order valence-corrected chi connectivity index (χ4v) is 3.30. The van der Waals surface area contributed by atoms with Crippen molar-refractivity contribution in [2.45, 2.75) is 31.8 Å². The minimum absolute atomic E-state index is 0.214. The molecule has 0 bridgehead atoms. The molecule has 1 aliphatic carbocycles. The van der Waals surface area contributed by atoms with Gasteiger partial charge in [-0.05, 0) is 64.5 Å². The monoisotopic (exact) mass is 333 g/mol. The zero-order valence-electron chi connectivity index (χ0n) is 11.4. The van der Waals surface area contributed by atoms with E-state index in [0.717, 1.165) is 18.4 Å². The predicted molar refractivity (Wildman–Crippen MR) is 83.3 cm³/mol. The van der Waals surface area contributed by atoms with Crippen LogP contribution in [-0.2, 0) is 12.8 Å². The molecule has 0 fully saturated rings. The van der Waals surface area contributed by atoms with Gasteiger partial charge in [-0.3, -0.25) is 0 Å². The van der Waals surface area contributed by atoms with Crippen molar-refractivity contribution in [1.82, 2.24) is 5.32 Å². The van der Waals surface area contributed by atoms with Gasteiger partial charge in [0.25, 0.3) is 0 Å². The van der Waals surface area contributed by atoms with E-state index < -0.39 is 0 Å². The maximum Gasteiger partial charge on any atom is 0.137 e. The minimum atomic E-state index is -0.214. The quantitative estimate of drug-likeness (QED) is 0.877. The fourth-order valence-electron chi connectivity index (χ4n) is 2.91. The number of hydrogen-bond acceptors (Lipinski definition) is 1. The van der Waals surface area contributed by atoms with E-state index in [0.29, 0.717) is 10.5 Å². The molecule has 104 valence electrons. The predicted octanol–water partition coefficient (Wildman–Crippen LogP) is 4.41. The maximum absolute atomic E-state index is 13.3. The van der Waals surface area contributed by atoms with Crippen LogP contribution in [0.2, 0.25) is 0 Å². The molecule has 1 nitrogen and oxygen atoms in total. The molecule has 3 rings (SSSR count). The smallest absolute Gasteiger partial charge is 0.137 e. The lowest BCUT2D eigenvalue weighted by atomic mass is 10.1. The second kappa shape index (κ2) is 5.66. The molecule has 0 amide bonds. The van der Waals surface area contributed by atoms with Crippen molar-refractivity contribution in [2.24, 2.45) is 0 Å². The highest BCUT2D eigenvalue weighted by Gasteiger charge is 2.22. The lowest BCUT2D eigenvalue weighted by Gasteiger charge is -2.20. The first-order valence-electron chi connectivity index (χ1n) is 6.91. The van der Waals surface area contributed by atoms with Gasteiger partial charge in [0, 0.05) is 12.1 Å². The first-order chi connectivity index (χ1) is 9.63. The number of nitrogens with one attached hydrogen (secondary N) is 1. The van der Waals surface area contributed by atoms with Crippen molar-refractivity contribution in [3.63, 3.8) is 0 Å². The fraction of sp³-hybridized carbons (Fsp3) is 0.294. The molecule has 2 aromatic carbocycles. The van der Waals surface area contributed by atoms with E-state index in [1.807, 2.05) is 12.1 Å². The van der Waals surface area contributed by atoms with Crippen LogP contribution < -0.4 is 5.32 Å². The largest absolute Gasteiger partial charge is 0.307 e. The average molecular weight is 334 g/mol. The van der Waals surface area contributed by atoms with Gasteiger partial charge in [0.1, 0.15) is 5.82 Å². The third-order valence-electron chi connectivity index (χ3n) is 3.98. The highest BCUT2D eigenvalue weighted by Crippen LogP contribution is 2.25. The molecule has 0 heterocycles. The normalized spacial score (nSPS) is 16.1. The number of halogens is 2. The Hall–Kier alpha value is -1.19. The van der Waals surface area contributed by atoms with E-state index in [1.165, 1.54) is 17.2 Å². The summed E-state index contributed by atoms with van der Waals surface area (Å²) in [6, 6.07) is 14.5. The Kier molecular flexibility index (Phi) is 3.90. The Morgan fingerprint density at radius 2 is 1.80 bits per heavy atom. The summed E-state index contributed by atoms with van der Waals surface area (Å²) in [5.41, 5.74) is 3.99. The number of fused-ring (bicyclic) bond motifs is 1. The van der Waals surface area contributed by atoms with Crippen LogP contribution in [0.5, 0.6) is 0 Å². The molecule has 1 aliphatic rings. The average Bonchev–Trinajstić information content (AvgIpc) is 2.83. The van der Waals surface area contributed by atoms with Crippen LogP contribution in [0, 0.1) is 5.82 Å². The van der Waals surface area contributed by atoms with Crippen LogP contribution >= 0.6 is 15.9 Å². The second-order valence-corrected chi connectivity index (χ2v) is 6.29. The van der Waals surface area contributed by atoms with Crippen molar-refractivity contribution in [1.29, 1.82) is 0 Å². The first-order valence-corrected chi connectivity index (χ1v) is 7.70. The Labute approximate surface area is 127 Å². The molecular formula is C17H17BrFN. The summed E-state index contributed by atoms with van der Waals surface area (Å²) in [5.74, 6) is -0.214. The van der Waals surface area contributed by atoms with Gasteiger partial charge in [-0.1, -0.05) is 30.3 Å². The highest BCUT2D eigenvalue weighted by atomic mass is 79.9. The lowest BCUT2D eigenvalue weighted by molar-refractivity contribution is 0.467.